The molecule has 0 spiro atoms. The van der Waals surface area contributed by atoms with E-state index in [1.807, 2.05) is 6.20 Å². The number of halogens is 1. The van der Waals surface area contributed by atoms with Gasteiger partial charge in [0.1, 0.15) is 0 Å². The molecule has 0 amide bonds. The van der Waals surface area contributed by atoms with Crippen molar-refractivity contribution in [2.75, 3.05) is 0 Å². The fourth-order valence-corrected chi connectivity index (χ4v) is 4.31. The lowest BCUT2D eigenvalue weighted by Crippen LogP contribution is -2.53. The van der Waals surface area contributed by atoms with E-state index in [2.05, 4.69) is 46.5 Å². The van der Waals surface area contributed by atoms with Crippen LogP contribution in [0.4, 0.5) is 0 Å². The summed E-state index contributed by atoms with van der Waals surface area (Å²) in [4.78, 5) is 0. The predicted molar refractivity (Wildman–Crippen MR) is 72.8 cm³/mol. The van der Waals surface area contributed by atoms with Crippen LogP contribution in [0.2, 0.25) is 0 Å². The third kappa shape index (κ3) is 1.69. The molecule has 3 aliphatic carbocycles. The van der Waals surface area contributed by atoms with E-state index in [9.17, 15) is 0 Å². The number of fused-ring (bicyclic) bond motifs is 2. The van der Waals surface area contributed by atoms with Gasteiger partial charge in [-0.1, -0.05) is 13.8 Å². The van der Waals surface area contributed by atoms with Crippen molar-refractivity contribution in [1.82, 2.24) is 9.78 Å². The van der Waals surface area contributed by atoms with Crippen LogP contribution in [-0.4, -0.2) is 9.78 Å². The van der Waals surface area contributed by atoms with Gasteiger partial charge in [0.2, 0.25) is 0 Å². The Kier molecular flexibility index (Phi) is 2.66. The smallest absolute Gasteiger partial charge is 0.0635 e. The zero-order valence-electron chi connectivity index (χ0n) is 10.9. The fourth-order valence-electron chi connectivity index (χ4n) is 4.01. The second-order valence-corrected chi connectivity index (χ2v) is 7.31. The quantitative estimate of drug-likeness (QED) is 0.806. The van der Waals surface area contributed by atoms with Gasteiger partial charge >= 0.3 is 0 Å². The van der Waals surface area contributed by atoms with E-state index in [1.54, 1.807) is 0 Å². The van der Waals surface area contributed by atoms with Crippen LogP contribution in [-0.2, 0) is 6.54 Å². The van der Waals surface area contributed by atoms with Gasteiger partial charge in [-0.2, -0.15) is 5.10 Å². The van der Waals surface area contributed by atoms with Crippen molar-refractivity contribution in [3.63, 3.8) is 0 Å². The summed E-state index contributed by atoms with van der Waals surface area (Å²) in [5, 5.41) is 4.48. The molecular formula is C14H21BrN2. The Morgan fingerprint density at radius 1 is 1.47 bits per heavy atom. The molecule has 1 aromatic rings. The van der Waals surface area contributed by atoms with Crippen molar-refractivity contribution >= 4 is 15.9 Å². The molecule has 2 nitrogen and oxygen atoms in total. The molecule has 1 heterocycles. The lowest BCUT2D eigenvalue weighted by Gasteiger charge is -2.60. The summed E-state index contributed by atoms with van der Waals surface area (Å²) in [5.74, 6) is 2.75. The number of hydrogen-bond acceptors (Lipinski definition) is 1. The van der Waals surface area contributed by atoms with Crippen LogP contribution in [0.25, 0.3) is 0 Å². The van der Waals surface area contributed by atoms with Crippen LogP contribution in [0.15, 0.2) is 10.7 Å². The molecule has 94 valence electrons. The van der Waals surface area contributed by atoms with Gasteiger partial charge in [0.15, 0.2) is 0 Å². The van der Waals surface area contributed by atoms with Crippen molar-refractivity contribution in [2.24, 2.45) is 23.2 Å². The van der Waals surface area contributed by atoms with E-state index >= 15 is 0 Å². The largest absolute Gasteiger partial charge is 0.268 e. The molecule has 3 fully saturated rings. The van der Waals surface area contributed by atoms with Crippen LogP contribution in [0.3, 0.4) is 0 Å². The Labute approximate surface area is 112 Å². The van der Waals surface area contributed by atoms with E-state index in [0.29, 0.717) is 5.41 Å². The van der Waals surface area contributed by atoms with E-state index in [4.69, 9.17) is 0 Å². The third-order valence-corrected chi connectivity index (χ3v) is 6.23. The molecule has 4 rings (SSSR count). The minimum absolute atomic E-state index is 0.585. The number of rotatable bonds is 2. The Morgan fingerprint density at radius 2 is 2.24 bits per heavy atom. The summed E-state index contributed by atoms with van der Waals surface area (Å²) in [6, 6.07) is 0. The highest BCUT2D eigenvalue weighted by atomic mass is 79.9. The van der Waals surface area contributed by atoms with Crippen molar-refractivity contribution in [3.05, 3.63) is 16.4 Å². The second kappa shape index (κ2) is 3.84. The number of nitrogens with zero attached hydrogens (tertiary/aromatic N) is 2. The third-order valence-electron chi connectivity index (χ3n) is 5.45. The van der Waals surface area contributed by atoms with E-state index < -0.39 is 0 Å². The van der Waals surface area contributed by atoms with Gasteiger partial charge in [-0.3, -0.25) is 4.68 Å². The molecule has 0 saturated heterocycles. The molecule has 0 radical (unpaired) electrons. The molecule has 0 N–H and O–H groups in total. The highest BCUT2D eigenvalue weighted by Gasteiger charge is 2.54. The van der Waals surface area contributed by atoms with Crippen LogP contribution in [0.1, 0.15) is 38.8 Å². The first-order chi connectivity index (χ1) is 8.00. The first kappa shape index (κ1) is 11.8. The van der Waals surface area contributed by atoms with Crippen molar-refractivity contribution in [2.45, 2.75) is 46.6 Å². The minimum atomic E-state index is 0.585. The molecule has 3 aliphatic rings. The highest BCUT2D eigenvalue weighted by molar-refractivity contribution is 9.10. The molecule has 17 heavy (non-hydrogen) atoms. The second-order valence-electron chi connectivity index (χ2n) is 6.46. The Bertz CT molecular complexity index is 433. The van der Waals surface area contributed by atoms with Crippen LogP contribution < -0.4 is 0 Å². The van der Waals surface area contributed by atoms with Gasteiger partial charge in [-0.25, -0.2) is 0 Å². The van der Waals surface area contributed by atoms with E-state index in [-0.39, 0.29) is 0 Å². The maximum absolute atomic E-state index is 4.48. The molecular weight excluding hydrogens is 276 g/mol. The fraction of sp³-hybridized carbons (Fsp3) is 0.786. The molecule has 0 unspecified atom stereocenters. The van der Waals surface area contributed by atoms with Gasteiger partial charge in [-0.05, 0) is 65.3 Å². The van der Waals surface area contributed by atoms with Gasteiger partial charge < -0.3 is 0 Å². The summed E-state index contributed by atoms with van der Waals surface area (Å²) < 4.78 is 3.32. The lowest BCUT2D eigenvalue weighted by molar-refractivity contribution is -0.109. The summed E-state index contributed by atoms with van der Waals surface area (Å²) in [7, 11) is 0. The van der Waals surface area contributed by atoms with Crippen molar-refractivity contribution < 1.29 is 0 Å². The van der Waals surface area contributed by atoms with Gasteiger partial charge in [0.05, 0.1) is 10.7 Å². The molecule has 1 aromatic heterocycles. The molecule has 3 saturated carbocycles. The molecule has 0 aliphatic heterocycles. The normalized spacial score (nSPS) is 34.5. The average molecular weight is 297 g/mol. The zero-order valence-corrected chi connectivity index (χ0v) is 12.5. The summed E-state index contributed by atoms with van der Waals surface area (Å²) in [5.41, 5.74) is 1.85. The molecule has 2 bridgehead atoms. The van der Waals surface area contributed by atoms with Crippen LogP contribution in [0, 0.1) is 30.1 Å². The van der Waals surface area contributed by atoms with E-state index in [1.165, 1.54) is 25.0 Å². The lowest BCUT2D eigenvalue weighted by atomic mass is 9.45. The molecule has 3 atom stereocenters. The minimum Gasteiger partial charge on any atom is -0.268 e. The van der Waals surface area contributed by atoms with Crippen molar-refractivity contribution in [3.8, 4) is 0 Å². The van der Waals surface area contributed by atoms with E-state index in [0.717, 1.165) is 28.8 Å². The van der Waals surface area contributed by atoms with Crippen LogP contribution in [0.5, 0.6) is 0 Å². The maximum atomic E-state index is 4.48. The SMILES string of the molecule is Cc1c(Br)cnn1C[C@@H]1CC[C@@H]2C[C@@H]1C2(C)C. The first-order valence-corrected chi connectivity index (χ1v) is 7.47. The predicted octanol–water partition coefficient (Wildman–Crippen LogP) is 4.03. The summed E-state index contributed by atoms with van der Waals surface area (Å²) in [6.45, 7) is 8.18. The van der Waals surface area contributed by atoms with Gasteiger partial charge in [-0.15, -0.1) is 0 Å². The Hall–Kier alpha value is -0.310. The molecule has 0 aromatic carbocycles. The van der Waals surface area contributed by atoms with Gasteiger partial charge in [0.25, 0.3) is 0 Å². The number of aromatic nitrogens is 2. The van der Waals surface area contributed by atoms with Crippen LogP contribution >= 0.6 is 15.9 Å². The summed E-state index contributed by atoms with van der Waals surface area (Å²) >= 11 is 3.54. The first-order valence-electron chi connectivity index (χ1n) is 6.68. The Balaban J connectivity index is 1.76. The standard InChI is InChI=1S/C14H21BrN2/c1-9-13(15)7-16-17(9)8-10-4-5-11-6-12(10)14(11,2)3/h7,10-12H,4-6,8H2,1-3H3/t10-,11+,12-/m0/s1. The number of hydrogen-bond donors (Lipinski definition) is 0. The Morgan fingerprint density at radius 3 is 2.76 bits per heavy atom. The summed E-state index contributed by atoms with van der Waals surface area (Å²) in [6.07, 6.45) is 6.21. The zero-order chi connectivity index (χ0) is 12.2. The highest BCUT2D eigenvalue weighted by Crippen LogP contribution is 2.61. The monoisotopic (exact) mass is 296 g/mol. The average Bonchev–Trinajstić information content (AvgIpc) is 2.61. The van der Waals surface area contributed by atoms with Crippen molar-refractivity contribution in [1.29, 1.82) is 0 Å². The van der Waals surface area contributed by atoms with Gasteiger partial charge in [0, 0.05) is 12.2 Å². The maximum Gasteiger partial charge on any atom is 0.0635 e. The topological polar surface area (TPSA) is 17.8 Å². The molecule has 3 heteroatoms.